The Hall–Kier alpha value is -1.31. The summed E-state index contributed by atoms with van der Waals surface area (Å²) in [7, 11) is 0. The third kappa shape index (κ3) is 3.74. The number of hydrogen-bond donors (Lipinski definition) is 2. The van der Waals surface area contributed by atoms with E-state index in [1.165, 1.54) is 11.3 Å². The maximum Gasteiger partial charge on any atom is 0.242 e. The zero-order valence-electron chi connectivity index (χ0n) is 8.62. The largest absolute Gasteiger partial charge is 0.353 e. The molecule has 1 rings (SSSR count). The van der Waals surface area contributed by atoms with Crippen molar-refractivity contribution in [3.8, 4) is 11.8 Å². The topological polar surface area (TPSA) is 55.1 Å². The highest BCUT2D eigenvalue weighted by Gasteiger charge is 2.15. The van der Waals surface area contributed by atoms with Crippen LogP contribution in [-0.4, -0.2) is 12.5 Å². The molecule has 1 aromatic heterocycles. The molecule has 0 fully saturated rings. The van der Waals surface area contributed by atoms with Gasteiger partial charge in [0, 0.05) is 17.8 Å². The number of nitrogens with one attached hydrogen (secondary N) is 1. The number of amides is 1. The predicted octanol–water partition coefficient (Wildman–Crippen LogP) is 1.28. The van der Waals surface area contributed by atoms with Crippen molar-refractivity contribution in [1.29, 1.82) is 0 Å². The van der Waals surface area contributed by atoms with E-state index < -0.39 is 6.04 Å². The highest BCUT2D eigenvalue weighted by Crippen LogP contribution is 2.16. The van der Waals surface area contributed by atoms with Crippen molar-refractivity contribution < 1.29 is 4.79 Å². The van der Waals surface area contributed by atoms with Gasteiger partial charge < -0.3 is 11.1 Å². The van der Waals surface area contributed by atoms with E-state index >= 15 is 0 Å². The first-order chi connectivity index (χ1) is 7.25. The van der Waals surface area contributed by atoms with Crippen molar-refractivity contribution in [3.05, 3.63) is 22.4 Å². The van der Waals surface area contributed by atoms with Crippen LogP contribution >= 0.6 is 11.3 Å². The fourth-order valence-corrected chi connectivity index (χ4v) is 1.81. The summed E-state index contributed by atoms with van der Waals surface area (Å²) in [5.74, 6) is 5.50. The summed E-state index contributed by atoms with van der Waals surface area (Å²) in [6, 6.07) is 3.19. The highest BCUT2D eigenvalue weighted by molar-refractivity contribution is 7.10. The standard InChI is InChI=1S/C11H14N2OS/c1-2-3-4-7-13-11(14)10(12)9-6-5-8-15-9/h5-6,8,10H,4,7,12H2,1H3,(H,13,14). The quantitative estimate of drug-likeness (QED) is 0.595. The average Bonchev–Trinajstić information content (AvgIpc) is 2.76. The lowest BCUT2D eigenvalue weighted by molar-refractivity contribution is -0.122. The molecule has 15 heavy (non-hydrogen) atoms. The Morgan fingerprint density at radius 1 is 1.73 bits per heavy atom. The minimum absolute atomic E-state index is 0.143. The molecule has 0 radical (unpaired) electrons. The Kier molecular flexibility index (Phi) is 4.88. The van der Waals surface area contributed by atoms with Gasteiger partial charge in [0.25, 0.3) is 0 Å². The maximum atomic E-state index is 11.5. The first-order valence-electron chi connectivity index (χ1n) is 4.72. The van der Waals surface area contributed by atoms with Crippen LogP contribution in [-0.2, 0) is 4.79 Å². The molecule has 1 aromatic rings. The molecule has 0 saturated carbocycles. The fourth-order valence-electron chi connectivity index (χ4n) is 1.08. The van der Waals surface area contributed by atoms with Crippen LogP contribution in [0.2, 0.25) is 0 Å². The van der Waals surface area contributed by atoms with Crippen molar-refractivity contribution in [2.75, 3.05) is 6.54 Å². The zero-order chi connectivity index (χ0) is 11.1. The van der Waals surface area contributed by atoms with Crippen LogP contribution in [0, 0.1) is 11.8 Å². The second-order valence-corrected chi connectivity index (χ2v) is 3.94. The molecule has 3 nitrogen and oxygen atoms in total. The van der Waals surface area contributed by atoms with Crippen LogP contribution in [0.1, 0.15) is 24.3 Å². The highest BCUT2D eigenvalue weighted by atomic mass is 32.1. The Labute approximate surface area is 93.7 Å². The van der Waals surface area contributed by atoms with Crippen LogP contribution in [0.15, 0.2) is 17.5 Å². The number of thiophene rings is 1. The maximum absolute atomic E-state index is 11.5. The molecular weight excluding hydrogens is 208 g/mol. The van der Waals surface area contributed by atoms with Gasteiger partial charge in [0.15, 0.2) is 0 Å². The third-order valence-corrected chi connectivity index (χ3v) is 2.81. The molecule has 3 N–H and O–H groups in total. The molecule has 1 heterocycles. The van der Waals surface area contributed by atoms with Crippen molar-refractivity contribution in [2.24, 2.45) is 5.73 Å². The first-order valence-corrected chi connectivity index (χ1v) is 5.60. The third-order valence-electron chi connectivity index (χ3n) is 1.86. The predicted molar refractivity (Wildman–Crippen MR) is 62.3 cm³/mol. The number of hydrogen-bond acceptors (Lipinski definition) is 3. The lowest BCUT2D eigenvalue weighted by Gasteiger charge is -2.09. The van der Waals surface area contributed by atoms with E-state index in [0.717, 1.165) is 4.88 Å². The molecule has 80 valence electrons. The Balaban J connectivity index is 2.36. The summed E-state index contributed by atoms with van der Waals surface area (Å²) in [5, 5.41) is 4.65. The van der Waals surface area contributed by atoms with Crippen LogP contribution in [0.5, 0.6) is 0 Å². The van der Waals surface area contributed by atoms with Gasteiger partial charge >= 0.3 is 0 Å². The molecule has 0 aliphatic heterocycles. The summed E-state index contributed by atoms with van der Waals surface area (Å²) in [6.07, 6.45) is 0.666. The number of carbonyl (C=O) groups is 1. The number of carbonyl (C=O) groups excluding carboxylic acids is 1. The van der Waals surface area contributed by atoms with E-state index in [4.69, 9.17) is 5.73 Å². The number of rotatable bonds is 4. The van der Waals surface area contributed by atoms with Crippen molar-refractivity contribution >= 4 is 17.2 Å². The lowest BCUT2D eigenvalue weighted by atomic mass is 10.2. The first kappa shape index (κ1) is 11.8. The molecule has 1 atom stereocenters. The van der Waals surface area contributed by atoms with Crippen LogP contribution in [0.3, 0.4) is 0 Å². The summed E-state index contributed by atoms with van der Waals surface area (Å²) in [4.78, 5) is 12.4. The lowest BCUT2D eigenvalue weighted by Crippen LogP contribution is -2.34. The van der Waals surface area contributed by atoms with E-state index in [2.05, 4.69) is 17.2 Å². The molecule has 0 aromatic carbocycles. The second kappa shape index (κ2) is 6.23. The number of nitrogens with two attached hydrogens (primary N) is 1. The van der Waals surface area contributed by atoms with Crippen LogP contribution < -0.4 is 11.1 Å². The zero-order valence-corrected chi connectivity index (χ0v) is 9.43. The van der Waals surface area contributed by atoms with E-state index in [1.807, 2.05) is 17.5 Å². The Morgan fingerprint density at radius 2 is 2.53 bits per heavy atom. The van der Waals surface area contributed by atoms with Gasteiger partial charge in [0.05, 0.1) is 0 Å². The van der Waals surface area contributed by atoms with E-state index in [0.29, 0.717) is 13.0 Å². The van der Waals surface area contributed by atoms with Gasteiger partial charge in [-0.1, -0.05) is 6.07 Å². The molecule has 1 unspecified atom stereocenters. The minimum Gasteiger partial charge on any atom is -0.353 e. The average molecular weight is 222 g/mol. The van der Waals surface area contributed by atoms with Crippen LogP contribution in [0.4, 0.5) is 0 Å². The van der Waals surface area contributed by atoms with Crippen molar-refractivity contribution in [2.45, 2.75) is 19.4 Å². The molecule has 4 heteroatoms. The SMILES string of the molecule is CC#CCCNC(=O)C(N)c1cccs1. The molecule has 0 aliphatic carbocycles. The Bertz CT molecular complexity index is 362. The summed E-state index contributed by atoms with van der Waals surface area (Å²) in [5.41, 5.74) is 5.76. The van der Waals surface area contributed by atoms with Gasteiger partial charge in [-0.2, -0.15) is 0 Å². The molecule has 0 saturated heterocycles. The Morgan fingerprint density at radius 3 is 3.13 bits per heavy atom. The van der Waals surface area contributed by atoms with Gasteiger partial charge in [0.2, 0.25) is 5.91 Å². The summed E-state index contributed by atoms with van der Waals surface area (Å²) in [6.45, 7) is 2.33. The van der Waals surface area contributed by atoms with Gasteiger partial charge in [-0.25, -0.2) is 0 Å². The molecule has 1 amide bonds. The molecular formula is C11H14N2OS. The van der Waals surface area contributed by atoms with E-state index in [1.54, 1.807) is 6.92 Å². The van der Waals surface area contributed by atoms with Gasteiger partial charge in [-0.15, -0.1) is 23.2 Å². The van der Waals surface area contributed by atoms with E-state index in [9.17, 15) is 4.79 Å². The smallest absolute Gasteiger partial charge is 0.242 e. The summed E-state index contributed by atoms with van der Waals surface area (Å²) >= 11 is 1.49. The fraction of sp³-hybridized carbons (Fsp3) is 0.364. The van der Waals surface area contributed by atoms with Gasteiger partial charge in [-0.05, 0) is 18.4 Å². The molecule has 0 aliphatic rings. The normalized spacial score (nSPS) is 11.3. The monoisotopic (exact) mass is 222 g/mol. The van der Waals surface area contributed by atoms with Crippen molar-refractivity contribution in [3.63, 3.8) is 0 Å². The van der Waals surface area contributed by atoms with Crippen LogP contribution in [0.25, 0.3) is 0 Å². The molecule has 0 bridgehead atoms. The minimum atomic E-state index is -0.556. The van der Waals surface area contributed by atoms with Gasteiger partial charge in [-0.3, -0.25) is 4.79 Å². The van der Waals surface area contributed by atoms with Crippen molar-refractivity contribution in [1.82, 2.24) is 5.32 Å². The summed E-state index contributed by atoms with van der Waals surface area (Å²) < 4.78 is 0. The van der Waals surface area contributed by atoms with E-state index in [-0.39, 0.29) is 5.91 Å². The molecule has 0 spiro atoms. The second-order valence-electron chi connectivity index (χ2n) is 2.96. The van der Waals surface area contributed by atoms with Gasteiger partial charge in [0.1, 0.15) is 6.04 Å².